The molecule has 1 fully saturated rings. The van der Waals surface area contributed by atoms with Crippen molar-refractivity contribution in [3.63, 3.8) is 0 Å². The van der Waals surface area contributed by atoms with Crippen LogP contribution in [-0.4, -0.2) is 53.4 Å². The highest BCUT2D eigenvalue weighted by Gasteiger charge is 2.32. The topological polar surface area (TPSA) is 73.4 Å². The lowest BCUT2D eigenvalue weighted by Gasteiger charge is -2.21. The maximum atomic E-state index is 13.2. The van der Waals surface area contributed by atoms with E-state index in [0.717, 1.165) is 35.3 Å². The minimum atomic E-state index is -0.335. The number of carbonyl (C=O) groups is 1. The number of benzene rings is 2. The molecule has 3 aromatic rings. The number of likely N-dealkylation sites (tertiary alicyclic amines) is 1. The van der Waals surface area contributed by atoms with E-state index in [-0.39, 0.29) is 17.8 Å². The molecule has 0 aliphatic carbocycles. The molecular weight excluding hydrogens is 393 g/mol. The van der Waals surface area contributed by atoms with Gasteiger partial charge in [0.1, 0.15) is 5.82 Å². The summed E-state index contributed by atoms with van der Waals surface area (Å²) in [7, 11) is 1.76. The minimum absolute atomic E-state index is 0.0433. The first-order chi connectivity index (χ1) is 15.0. The third kappa shape index (κ3) is 4.66. The predicted octanol–water partition coefficient (Wildman–Crippen LogP) is 4.23. The lowest BCUT2D eigenvalue weighted by Crippen LogP contribution is -2.34. The number of anilines is 1. The standard InChI is InChI=1S/C24H26FN5O/c1-16-9-17(15-30(16)24(31)18-3-6-22(25)7-4-18)11-27-23-8-5-19(10-20(23)12-26-2)21-13-28-29-14-21/h3-8,10,12-14,16-17,27H,9,11,15H2,1-2H3,(H,28,29)/t16-,17-/m0/s1. The fourth-order valence-corrected chi connectivity index (χ4v) is 4.14. The zero-order valence-electron chi connectivity index (χ0n) is 17.7. The van der Waals surface area contributed by atoms with Crippen LogP contribution < -0.4 is 5.32 Å². The van der Waals surface area contributed by atoms with Crippen molar-refractivity contribution in [2.45, 2.75) is 19.4 Å². The van der Waals surface area contributed by atoms with E-state index >= 15 is 0 Å². The number of aromatic amines is 1. The van der Waals surface area contributed by atoms with Gasteiger partial charge in [-0.05, 0) is 61.2 Å². The van der Waals surface area contributed by atoms with Crippen LogP contribution in [0.1, 0.15) is 29.3 Å². The number of aliphatic imine (C=N–C) groups is 1. The fourth-order valence-electron chi connectivity index (χ4n) is 4.14. The van der Waals surface area contributed by atoms with Crippen LogP contribution in [-0.2, 0) is 0 Å². The van der Waals surface area contributed by atoms with Gasteiger partial charge in [0, 0.05) is 61.0 Å². The number of halogens is 1. The Morgan fingerprint density at radius 1 is 1.29 bits per heavy atom. The Morgan fingerprint density at radius 3 is 2.81 bits per heavy atom. The minimum Gasteiger partial charge on any atom is -0.384 e. The molecule has 1 aliphatic rings. The van der Waals surface area contributed by atoms with E-state index in [1.165, 1.54) is 12.1 Å². The summed E-state index contributed by atoms with van der Waals surface area (Å²) >= 11 is 0. The Morgan fingerprint density at radius 2 is 2.10 bits per heavy atom. The van der Waals surface area contributed by atoms with Crippen LogP contribution in [0.2, 0.25) is 0 Å². The van der Waals surface area contributed by atoms with Crippen LogP contribution in [0.25, 0.3) is 11.1 Å². The normalized spacial score (nSPS) is 18.6. The first-order valence-electron chi connectivity index (χ1n) is 10.4. The van der Waals surface area contributed by atoms with Gasteiger partial charge in [-0.15, -0.1) is 0 Å². The summed E-state index contributed by atoms with van der Waals surface area (Å²) in [6, 6.07) is 12.1. The largest absolute Gasteiger partial charge is 0.384 e. The van der Waals surface area contributed by atoms with Crippen LogP contribution in [0.15, 0.2) is 59.9 Å². The van der Waals surface area contributed by atoms with Gasteiger partial charge >= 0.3 is 0 Å². The summed E-state index contributed by atoms with van der Waals surface area (Å²) < 4.78 is 13.2. The Bertz CT molecular complexity index is 1060. The van der Waals surface area contributed by atoms with Crippen molar-refractivity contribution in [1.82, 2.24) is 15.1 Å². The third-order valence-electron chi connectivity index (χ3n) is 5.75. The zero-order chi connectivity index (χ0) is 21.8. The van der Waals surface area contributed by atoms with Gasteiger partial charge < -0.3 is 10.2 Å². The quantitative estimate of drug-likeness (QED) is 0.588. The lowest BCUT2D eigenvalue weighted by molar-refractivity contribution is 0.0743. The molecule has 0 bridgehead atoms. The molecule has 0 unspecified atom stereocenters. The van der Waals surface area contributed by atoms with Crippen molar-refractivity contribution in [2.75, 3.05) is 25.5 Å². The monoisotopic (exact) mass is 419 g/mol. The van der Waals surface area contributed by atoms with Gasteiger partial charge in [0.25, 0.3) is 5.91 Å². The molecule has 2 atom stereocenters. The maximum Gasteiger partial charge on any atom is 0.254 e. The zero-order valence-corrected chi connectivity index (χ0v) is 17.7. The predicted molar refractivity (Wildman–Crippen MR) is 121 cm³/mol. The van der Waals surface area contributed by atoms with Gasteiger partial charge in [-0.1, -0.05) is 6.07 Å². The molecular formula is C24H26FN5O. The summed E-state index contributed by atoms with van der Waals surface area (Å²) in [5.41, 5.74) is 4.63. The van der Waals surface area contributed by atoms with Crippen LogP contribution in [0, 0.1) is 11.7 Å². The molecule has 31 heavy (non-hydrogen) atoms. The molecule has 2 heterocycles. The van der Waals surface area contributed by atoms with E-state index in [9.17, 15) is 9.18 Å². The van der Waals surface area contributed by atoms with E-state index in [2.05, 4.69) is 45.6 Å². The smallest absolute Gasteiger partial charge is 0.254 e. The van der Waals surface area contributed by atoms with Crippen molar-refractivity contribution in [2.24, 2.45) is 10.9 Å². The summed E-state index contributed by atoms with van der Waals surface area (Å²) in [5, 5.41) is 10.4. The number of nitrogens with zero attached hydrogens (tertiary/aromatic N) is 3. The molecule has 0 radical (unpaired) electrons. The van der Waals surface area contributed by atoms with Gasteiger partial charge in [-0.3, -0.25) is 14.9 Å². The Kier molecular flexibility index (Phi) is 6.11. The molecule has 7 heteroatoms. The van der Waals surface area contributed by atoms with E-state index in [1.54, 1.807) is 25.4 Å². The van der Waals surface area contributed by atoms with Crippen LogP contribution >= 0.6 is 0 Å². The molecule has 1 aromatic heterocycles. The number of aromatic nitrogens is 2. The molecule has 1 aliphatic heterocycles. The highest BCUT2D eigenvalue weighted by atomic mass is 19.1. The average Bonchev–Trinajstić information content (AvgIpc) is 3.43. The lowest BCUT2D eigenvalue weighted by atomic mass is 10.0. The second kappa shape index (κ2) is 9.12. The van der Waals surface area contributed by atoms with Gasteiger partial charge in [-0.2, -0.15) is 5.10 Å². The molecule has 6 nitrogen and oxygen atoms in total. The van der Waals surface area contributed by atoms with E-state index in [0.29, 0.717) is 18.0 Å². The number of nitrogens with one attached hydrogen (secondary N) is 2. The van der Waals surface area contributed by atoms with Crippen molar-refractivity contribution in [3.05, 3.63) is 71.8 Å². The van der Waals surface area contributed by atoms with Crippen molar-refractivity contribution in [1.29, 1.82) is 0 Å². The van der Waals surface area contributed by atoms with Crippen molar-refractivity contribution >= 4 is 17.8 Å². The summed E-state index contributed by atoms with van der Waals surface area (Å²) in [5.74, 6) is -0.0454. The Balaban J connectivity index is 1.42. The number of hydrogen-bond acceptors (Lipinski definition) is 4. The van der Waals surface area contributed by atoms with Crippen molar-refractivity contribution < 1.29 is 9.18 Å². The van der Waals surface area contributed by atoms with Gasteiger partial charge in [0.05, 0.1) is 6.20 Å². The second-order valence-electron chi connectivity index (χ2n) is 7.97. The van der Waals surface area contributed by atoms with Crippen LogP contribution in [0.5, 0.6) is 0 Å². The van der Waals surface area contributed by atoms with Crippen LogP contribution in [0.4, 0.5) is 10.1 Å². The highest BCUT2D eigenvalue weighted by molar-refractivity contribution is 5.94. The van der Waals surface area contributed by atoms with Crippen LogP contribution in [0.3, 0.4) is 0 Å². The number of rotatable bonds is 6. The first-order valence-corrected chi connectivity index (χ1v) is 10.4. The maximum absolute atomic E-state index is 13.2. The molecule has 0 saturated carbocycles. The van der Waals surface area contributed by atoms with Gasteiger partial charge in [0.2, 0.25) is 0 Å². The van der Waals surface area contributed by atoms with Crippen molar-refractivity contribution in [3.8, 4) is 11.1 Å². The third-order valence-corrected chi connectivity index (χ3v) is 5.75. The number of hydrogen-bond donors (Lipinski definition) is 2. The molecule has 1 amide bonds. The SMILES string of the molecule is CN=Cc1cc(-c2cn[nH]c2)ccc1NC[C@@H]1C[C@H](C)N(C(=O)c2ccc(F)cc2)C1. The van der Waals surface area contributed by atoms with Gasteiger partial charge in [-0.25, -0.2) is 4.39 Å². The van der Waals surface area contributed by atoms with E-state index in [4.69, 9.17) is 0 Å². The fraction of sp³-hybridized carbons (Fsp3) is 0.292. The second-order valence-corrected chi connectivity index (χ2v) is 7.97. The molecule has 4 rings (SSSR count). The van der Waals surface area contributed by atoms with E-state index < -0.39 is 0 Å². The molecule has 2 N–H and O–H groups in total. The molecule has 0 spiro atoms. The van der Waals surface area contributed by atoms with Gasteiger partial charge in [0.15, 0.2) is 0 Å². The number of carbonyl (C=O) groups excluding carboxylic acids is 1. The summed E-state index contributed by atoms with van der Waals surface area (Å²) in [6.07, 6.45) is 6.42. The Hall–Kier alpha value is -3.48. The summed E-state index contributed by atoms with van der Waals surface area (Å²) in [6.45, 7) is 3.50. The average molecular weight is 420 g/mol. The first kappa shape index (κ1) is 20.8. The number of H-pyrrole nitrogens is 1. The van der Waals surface area contributed by atoms with E-state index in [1.807, 2.05) is 17.3 Å². The Labute approximate surface area is 181 Å². The molecule has 160 valence electrons. The highest BCUT2D eigenvalue weighted by Crippen LogP contribution is 2.27. The number of amides is 1. The molecule has 2 aromatic carbocycles. The molecule has 1 saturated heterocycles. The summed E-state index contributed by atoms with van der Waals surface area (Å²) in [4.78, 5) is 18.9.